The molecule has 2 N–H and O–H groups in total. The molecule has 68 heavy (non-hydrogen) atoms. The number of rotatable bonds is 19. The second-order valence-electron chi connectivity index (χ2n) is 18.1. The zero-order valence-electron chi connectivity index (χ0n) is 40.4. The van der Waals surface area contributed by atoms with Crippen molar-refractivity contribution >= 4 is 69.1 Å². The lowest BCUT2D eigenvalue weighted by Gasteiger charge is -2.22. The summed E-state index contributed by atoms with van der Waals surface area (Å²) in [5.74, 6) is 2.09. The van der Waals surface area contributed by atoms with Gasteiger partial charge in [-0.25, -0.2) is 0 Å². The average Bonchev–Trinajstić information content (AvgIpc) is 4.01. The maximum Gasteiger partial charge on any atom is 0.225 e. The molecule has 0 fully saturated rings. The Kier molecular flexibility index (Phi) is 15.8. The van der Waals surface area contributed by atoms with Crippen LogP contribution in [0.2, 0.25) is 10.0 Å². The van der Waals surface area contributed by atoms with E-state index in [9.17, 15) is 9.59 Å². The van der Waals surface area contributed by atoms with E-state index in [4.69, 9.17) is 33.2 Å². The fraction of sp³-hybridized carbons (Fsp3) is 0.462. The summed E-state index contributed by atoms with van der Waals surface area (Å²) in [6.45, 7) is 17.8. The third kappa shape index (κ3) is 10.0. The Labute approximate surface area is 418 Å². The number of hydrogen-bond acceptors (Lipinski definition) is 10. The summed E-state index contributed by atoms with van der Waals surface area (Å²) in [6, 6.07) is 14.5. The van der Waals surface area contributed by atoms with E-state index in [2.05, 4.69) is 67.9 Å². The van der Waals surface area contributed by atoms with E-state index in [0.717, 1.165) is 118 Å². The summed E-state index contributed by atoms with van der Waals surface area (Å²) in [5, 5.41) is 28.1. The third-order valence-electron chi connectivity index (χ3n) is 13.6. The zero-order valence-corrected chi connectivity index (χ0v) is 43.5. The summed E-state index contributed by atoms with van der Waals surface area (Å²) in [5.41, 5.74) is 8.05. The van der Waals surface area contributed by atoms with Crippen molar-refractivity contribution in [2.24, 2.45) is 21.8 Å². The molecule has 6 heterocycles. The van der Waals surface area contributed by atoms with E-state index >= 15 is 0 Å². The number of thiophene rings is 2. The van der Waals surface area contributed by atoms with E-state index in [1.165, 1.54) is 9.75 Å². The van der Waals surface area contributed by atoms with E-state index in [0.29, 0.717) is 47.6 Å². The van der Waals surface area contributed by atoms with Gasteiger partial charge in [0.1, 0.15) is 33.7 Å². The van der Waals surface area contributed by atoms with Crippen molar-refractivity contribution in [2.75, 3.05) is 13.1 Å². The summed E-state index contributed by atoms with van der Waals surface area (Å²) in [6.07, 6.45) is 9.62. The minimum absolute atomic E-state index is 0.00978. The maximum atomic E-state index is 14.0. The highest BCUT2D eigenvalue weighted by molar-refractivity contribution is 7.15. The van der Waals surface area contributed by atoms with Gasteiger partial charge in [-0.2, -0.15) is 0 Å². The van der Waals surface area contributed by atoms with E-state index in [1.807, 2.05) is 76.2 Å². The van der Waals surface area contributed by atoms with Crippen LogP contribution in [-0.4, -0.2) is 65.9 Å². The van der Waals surface area contributed by atoms with Crippen molar-refractivity contribution in [2.45, 2.75) is 132 Å². The summed E-state index contributed by atoms with van der Waals surface area (Å²) < 4.78 is 4.21. The number of fused-ring (bicyclic) bond motifs is 6. The molecular weight excluding hydrogens is 932 g/mol. The first kappa shape index (κ1) is 49.4. The van der Waals surface area contributed by atoms with Gasteiger partial charge < -0.3 is 10.6 Å². The third-order valence-corrected chi connectivity index (χ3v) is 16.5. The van der Waals surface area contributed by atoms with E-state index < -0.39 is 23.9 Å². The number of carbonyl (C=O) groups excluding carboxylic acids is 2. The van der Waals surface area contributed by atoms with Crippen LogP contribution in [0, 0.1) is 53.4 Å². The van der Waals surface area contributed by atoms with Gasteiger partial charge in [0.25, 0.3) is 0 Å². The molecule has 8 rings (SSSR count). The molecule has 6 aromatic rings. The molecule has 2 aromatic carbocycles. The van der Waals surface area contributed by atoms with Crippen molar-refractivity contribution in [1.82, 2.24) is 40.2 Å². The average molecular weight is 994 g/mol. The minimum Gasteiger partial charge on any atom is -0.356 e. The molecule has 4 atom stereocenters. The number of hydrogen-bond donors (Lipinski definition) is 2. The van der Waals surface area contributed by atoms with Crippen LogP contribution < -0.4 is 10.6 Å². The first-order chi connectivity index (χ1) is 32.8. The minimum atomic E-state index is -0.506. The smallest absolute Gasteiger partial charge is 0.225 e. The normalized spacial score (nSPS) is 16.1. The van der Waals surface area contributed by atoms with E-state index in [1.54, 1.807) is 22.7 Å². The van der Waals surface area contributed by atoms with Crippen LogP contribution in [0.3, 0.4) is 0 Å². The monoisotopic (exact) mass is 992 g/mol. The SMILES string of the molecule is CC[C@@H](C(=O)NCCCCCCCCCCNC(=O)[C@H](CC)[C@@H]1N=C(c2ccc(Cl)cc2)c2c(sc(C)c2C)-n2c(C)nnc21)[C@@H]1N=C(c2ccc(Cl)cc2)c2c(sc(C)c2C)-n2c(C)nnc21. The number of halogens is 2. The molecule has 0 unspecified atom stereocenters. The summed E-state index contributed by atoms with van der Waals surface area (Å²) in [7, 11) is 0. The van der Waals surface area contributed by atoms with E-state index in [-0.39, 0.29) is 11.8 Å². The van der Waals surface area contributed by atoms with Crippen LogP contribution in [0.1, 0.15) is 157 Å². The van der Waals surface area contributed by atoms with Crippen molar-refractivity contribution in [3.05, 3.63) is 125 Å². The molecule has 2 amide bonds. The zero-order chi connectivity index (χ0) is 48.2. The number of nitrogens with zero attached hydrogens (tertiary/aromatic N) is 8. The molecular formula is C52H62Cl2N10O2S2. The highest BCUT2D eigenvalue weighted by Gasteiger charge is 2.39. The number of amides is 2. The maximum absolute atomic E-state index is 14.0. The Morgan fingerprint density at radius 2 is 0.912 bits per heavy atom. The number of aliphatic imine (C=N–C) groups is 2. The molecule has 4 aromatic heterocycles. The molecule has 0 radical (unpaired) electrons. The van der Waals surface area contributed by atoms with Crippen LogP contribution >= 0.6 is 45.9 Å². The van der Waals surface area contributed by atoms with Gasteiger partial charge in [0.2, 0.25) is 11.8 Å². The Hall–Kier alpha value is -5.02. The van der Waals surface area contributed by atoms with Crippen molar-refractivity contribution in [3.8, 4) is 10.0 Å². The molecule has 12 nitrogen and oxygen atoms in total. The number of unbranched alkanes of at least 4 members (excludes halogenated alkanes) is 7. The lowest BCUT2D eigenvalue weighted by Crippen LogP contribution is -2.35. The van der Waals surface area contributed by atoms with Crippen LogP contribution in [0.15, 0.2) is 58.5 Å². The van der Waals surface area contributed by atoms with Gasteiger partial charge in [-0.05, 0) is 103 Å². The van der Waals surface area contributed by atoms with Crippen LogP contribution in [0.25, 0.3) is 10.0 Å². The van der Waals surface area contributed by atoms with Crippen molar-refractivity contribution < 1.29 is 9.59 Å². The number of aromatic nitrogens is 6. The molecule has 0 bridgehead atoms. The van der Waals surface area contributed by atoms with Gasteiger partial charge in [0.15, 0.2) is 11.6 Å². The Morgan fingerprint density at radius 3 is 1.26 bits per heavy atom. The van der Waals surface area contributed by atoms with Crippen molar-refractivity contribution in [1.29, 1.82) is 0 Å². The Balaban J connectivity index is 0.800. The fourth-order valence-corrected chi connectivity index (χ4v) is 12.2. The summed E-state index contributed by atoms with van der Waals surface area (Å²) in [4.78, 5) is 41.1. The standard InChI is InChI=1S/C52H62Cl2N10O2S2/c1-9-39(45-47-61-59-33(7)63(47)51-41(29(3)31(5)67-51)43(57-45)35-19-23-37(53)24-20-35)49(65)55-27-17-15-13-11-12-14-16-18-28-56-50(66)40(10-2)46-48-62-60-34(8)64(48)52-42(30(4)32(6)68-52)44(58-46)36-21-25-38(54)26-22-36/h19-26,39-40,45-46H,9-18,27-28H2,1-8H3,(H,55,65)(H,56,66)/t39-,40-,45+,46+/m1/s1. The topological polar surface area (TPSA) is 144 Å². The van der Waals surface area contributed by atoms with Gasteiger partial charge >= 0.3 is 0 Å². The van der Waals surface area contributed by atoms with Gasteiger partial charge in [-0.3, -0.25) is 28.7 Å². The van der Waals surface area contributed by atoms with Crippen LogP contribution in [0.5, 0.6) is 0 Å². The fourth-order valence-electron chi connectivity index (χ4n) is 9.55. The Bertz CT molecular complexity index is 2650. The first-order valence-corrected chi connectivity index (χ1v) is 26.5. The molecule has 0 spiro atoms. The highest BCUT2D eigenvalue weighted by Crippen LogP contribution is 2.43. The lowest BCUT2D eigenvalue weighted by atomic mass is 9.94. The summed E-state index contributed by atoms with van der Waals surface area (Å²) >= 11 is 16.0. The predicted molar refractivity (Wildman–Crippen MR) is 277 cm³/mol. The van der Waals surface area contributed by atoms with Crippen molar-refractivity contribution in [3.63, 3.8) is 0 Å². The molecule has 0 aliphatic carbocycles. The largest absolute Gasteiger partial charge is 0.356 e. The van der Waals surface area contributed by atoms with Crippen LogP contribution in [-0.2, 0) is 9.59 Å². The van der Waals surface area contributed by atoms with Crippen LogP contribution in [0.4, 0.5) is 0 Å². The molecule has 2 aliphatic rings. The van der Waals surface area contributed by atoms with Gasteiger partial charge in [0.05, 0.1) is 23.3 Å². The number of benzene rings is 2. The molecule has 358 valence electrons. The quantitative estimate of drug-likeness (QED) is 0.0773. The van der Waals surface area contributed by atoms with Gasteiger partial charge in [-0.1, -0.05) is 99.8 Å². The Morgan fingerprint density at radius 1 is 0.559 bits per heavy atom. The predicted octanol–water partition coefficient (Wildman–Crippen LogP) is 12.0. The second kappa shape index (κ2) is 21.7. The number of carbonyl (C=O) groups is 2. The number of nitrogens with one attached hydrogen (secondary N) is 2. The second-order valence-corrected chi connectivity index (χ2v) is 21.4. The molecule has 0 saturated heterocycles. The molecule has 2 aliphatic heterocycles. The first-order valence-electron chi connectivity index (χ1n) is 24.1. The van der Waals surface area contributed by atoms with Gasteiger partial charge in [-0.15, -0.1) is 43.1 Å². The lowest BCUT2D eigenvalue weighted by molar-refractivity contribution is -0.126. The number of aryl methyl sites for hydroxylation is 4. The highest BCUT2D eigenvalue weighted by atomic mass is 35.5. The van der Waals surface area contributed by atoms with Gasteiger partial charge in [0, 0.05) is 55.1 Å². The molecule has 16 heteroatoms. The molecule has 0 saturated carbocycles.